The van der Waals surface area contributed by atoms with Crippen molar-refractivity contribution in [3.8, 4) is 0 Å². The van der Waals surface area contributed by atoms with Crippen LogP contribution in [-0.4, -0.2) is 14.9 Å². The first kappa shape index (κ1) is 15.6. The number of hydrogen-bond donors (Lipinski definition) is 2. The molecule has 0 aliphatic rings. The molecule has 3 aromatic rings. The Bertz CT molecular complexity index is 825. The van der Waals surface area contributed by atoms with E-state index in [9.17, 15) is 0 Å². The van der Waals surface area contributed by atoms with Gasteiger partial charge in [0.15, 0.2) is 0 Å². The van der Waals surface area contributed by atoms with Crippen molar-refractivity contribution in [2.24, 2.45) is 7.05 Å². The first-order valence-electron chi connectivity index (χ1n) is 7.77. The van der Waals surface area contributed by atoms with Crippen LogP contribution in [0.15, 0.2) is 34.9 Å². The van der Waals surface area contributed by atoms with Gasteiger partial charge in [-0.2, -0.15) is 5.10 Å². The minimum atomic E-state index is -0.0813. The lowest BCUT2D eigenvalue weighted by molar-refractivity contribution is 0.251. The predicted molar refractivity (Wildman–Crippen MR) is 91.4 cm³/mol. The maximum absolute atomic E-state index is 9.15. The third-order valence-corrected chi connectivity index (χ3v) is 3.82. The van der Waals surface area contributed by atoms with Crippen molar-refractivity contribution < 1.29 is 9.52 Å². The average molecular weight is 313 g/mol. The molecular formula is C18H23N3O2. The fourth-order valence-electron chi connectivity index (χ4n) is 2.78. The summed E-state index contributed by atoms with van der Waals surface area (Å²) in [5, 5.41) is 18.2. The van der Waals surface area contributed by atoms with Crippen LogP contribution in [0.4, 0.5) is 5.69 Å². The highest BCUT2D eigenvalue weighted by Crippen LogP contribution is 2.26. The molecule has 0 radical (unpaired) electrons. The lowest BCUT2D eigenvalue weighted by atomic mass is 9.89. The Balaban J connectivity index is 1.81. The van der Waals surface area contributed by atoms with Crippen molar-refractivity contribution in [3.63, 3.8) is 0 Å². The number of furan rings is 1. The van der Waals surface area contributed by atoms with E-state index in [-0.39, 0.29) is 12.0 Å². The second-order valence-corrected chi connectivity index (χ2v) is 6.90. The van der Waals surface area contributed by atoms with Gasteiger partial charge in [-0.15, -0.1) is 0 Å². The van der Waals surface area contributed by atoms with Gasteiger partial charge in [0.05, 0.1) is 5.69 Å². The summed E-state index contributed by atoms with van der Waals surface area (Å²) in [6.07, 6.45) is 2.06. The number of anilines is 1. The molecule has 0 atom stereocenters. The van der Waals surface area contributed by atoms with Crippen LogP contribution in [-0.2, 0) is 25.6 Å². The summed E-state index contributed by atoms with van der Waals surface area (Å²) in [6.45, 7) is 7.16. The number of nitrogens with zero attached hydrogens (tertiary/aromatic N) is 2. The highest BCUT2D eigenvalue weighted by Gasteiger charge is 2.21. The van der Waals surface area contributed by atoms with E-state index < -0.39 is 0 Å². The normalized spacial score (nSPS) is 12.0. The molecule has 0 saturated heterocycles. The van der Waals surface area contributed by atoms with E-state index in [1.807, 2.05) is 36.0 Å². The molecule has 3 rings (SSSR count). The molecule has 0 fully saturated rings. The maximum Gasteiger partial charge on any atom is 0.134 e. The van der Waals surface area contributed by atoms with Crippen LogP contribution in [0.1, 0.15) is 37.8 Å². The quantitative estimate of drug-likeness (QED) is 0.773. The van der Waals surface area contributed by atoms with Gasteiger partial charge in [0.1, 0.15) is 18.0 Å². The van der Waals surface area contributed by atoms with Crippen LogP contribution in [0.3, 0.4) is 0 Å². The topological polar surface area (TPSA) is 63.2 Å². The first-order chi connectivity index (χ1) is 10.9. The summed E-state index contributed by atoms with van der Waals surface area (Å²) < 4.78 is 7.38. The van der Waals surface area contributed by atoms with Gasteiger partial charge < -0.3 is 14.8 Å². The van der Waals surface area contributed by atoms with E-state index in [0.717, 1.165) is 28.9 Å². The number of aryl methyl sites for hydroxylation is 1. The van der Waals surface area contributed by atoms with Crippen molar-refractivity contribution >= 4 is 16.7 Å². The van der Waals surface area contributed by atoms with E-state index in [0.29, 0.717) is 5.76 Å². The third-order valence-electron chi connectivity index (χ3n) is 3.82. The summed E-state index contributed by atoms with van der Waals surface area (Å²) in [6, 6.07) is 7.81. The van der Waals surface area contributed by atoms with Gasteiger partial charge in [0.2, 0.25) is 0 Å². The Hall–Kier alpha value is -2.27. The molecule has 0 spiro atoms. The molecule has 122 valence electrons. The number of aliphatic hydroxyl groups excluding tert-OH is 1. The number of rotatable bonds is 4. The van der Waals surface area contributed by atoms with Gasteiger partial charge in [0, 0.05) is 41.8 Å². The first-order valence-corrected chi connectivity index (χ1v) is 7.77. The maximum atomic E-state index is 9.15. The summed E-state index contributed by atoms with van der Waals surface area (Å²) in [7, 11) is 1.95. The van der Waals surface area contributed by atoms with E-state index in [1.54, 1.807) is 0 Å². The van der Waals surface area contributed by atoms with E-state index >= 15 is 0 Å². The standard InChI is InChI=1S/C18H23N3O2/c1-18(2,3)17-13(10-21(4)20-17)9-19-14-5-6-16-12(7-14)8-15(11-22)23-16/h5-8,10,19,22H,9,11H2,1-4H3. The molecule has 23 heavy (non-hydrogen) atoms. The zero-order chi connectivity index (χ0) is 16.6. The van der Waals surface area contributed by atoms with Crippen molar-refractivity contribution in [2.75, 3.05) is 5.32 Å². The number of aliphatic hydroxyl groups is 1. The molecule has 0 unspecified atom stereocenters. The van der Waals surface area contributed by atoms with Gasteiger partial charge in [-0.1, -0.05) is 20.8 Å². The number of benzene rings is 1. The van der Waals surface area contributed by atoms with Crippen LogP contribution in [0.2, 0.25) is 0 Å². The van der Waals surface area contributed by atoms with Crippen LogP contribution in [0.25, 0.3) is 11.0 Å². The molecule has 2 aromatic heterocycles. The predicted octanol–water partition coefficient (Wildman–Crippen LogP) is 3.57. The van der Waals surface area contributed by atoms with Gasteiger partial charge in [-0.3, -0.25) is 4.68 Å². The Morgan fingerprint density at radius 3 is 2.74 bits per heavy atom. The average Bonchev–Trinajstić information content (AvgIpc) is 3.06. The van der Waals surface area contributed by atoms with Gasteiger partial charge in [-0.25, -0.2) is 0 Å². The van der Waals surface area contributed by atoms with Crippen molar-refractivity contribution in [3.05, 3.63) is 47.5 Å². The monoisotopic (exact) mass is 313 g/mol. The summed E-state index contributed by atoms with van der Waals surface area (Å²) in [4.78, 5) is 0. The Morgan fingerprint density at radius 2 is 2.04 bits per heavy atom. The minimum Gasteiger partial charge on any atom is -0.459 e. The van der Waals surface area contributed by atoms with Crippen LogP contribution in [0.5, 0.6) is 0 Å². The smallest absolute Gasteiger partial charge is 0.134 e. The molecule has 2 heterocycles. The van der Waals surface area contributed by atoms with Crippen molar-refractivity contribution in [2.45, 2.75) is 39.3 Å². The van der Waals surface area contributed by atoms with E-state index in [4.69, 9.17) is 9.52 Å². The molecular weight excluding hydrogens is 290 g/mol. The van der Waals surface area contributed by atoms with Crippen molar-refractivity contribution in [1.82, 2.24) is 9.78 Å². The summed E-state index contributed by atoms with van der Waals surface area (Å²) in [5.41, 5.74) is 4.13. The molecule has 1 aromatic carbocycles. The van der Waals surface area contributed by atoms with E-state index in [2.05, 4.69) is 37.4 Å². The molecule has 5 heteroatoms. The van der Waals surface area contributed by atoms with Crippen LogP contribution >= 0.6 is 0 Å². The highest BCUT2D eigenvalue weighted by atomic mass is 16.4. The molecule has 5 nitrogen and oxygen atoms in total. The lowest BCUT2D eigenvalue weighted by Crippen LogP contribution is -2.16. The van der Waals surface area contributed by atoms with Crippen LogP contribution < -0.4 is 5.32 Å². The summed E-state index contributed by atoms with van der Waals surface area (Å²) in [5.74, 6) is 0.583. The SMILES string of the molecule is Cn1cc(CNc2ccc3oc(CO)cc3c2)c(C(C)(C)C)n1. The molecule has 0 saturated carbocycles. The fourth-order valence-corrected chi connectivity index (χ4v) is 2.78. The lowest BCUT2D eigenvalue weighted by Gasteiger charge is -2.18. The number of hydrogen-bond acceptors (Lipinski definition) is 4. The minimum absolute atomic E-state index is 0.0167. The van der Waals surface area contributed by atoms with Crippen molar-refractivity contribution in [1.29, 1.82) is 0 Å². The fraction of sp³-hybridized carbons (Fsp3) is 0.389. The van der Waals surface area contributed by atoms with Gasteiger partial charge in [0.25, 0.3) is 0 Å². The number of fused-ring (bicyclic) bond motifs is 1. The molecule has 2 N–H and O–H groups in total. The Morgan fingerprint density at radius 1 is 1.26 bits per heavy atom. The molecule has 0 aliphatic carbocycles. The summed E-state index contributed by atoms with van der Waals surface area (Å²) >= 11 is 0. The van der Waals surface area contributed by atoms with Gasteiger partial charge >= 0.3 is 0 Å². The number of nitrogens with one attached hydrogen (secondary N) is 1. The Kier molecular flexibility index (Phi) is 3.90. The highest BCUT2D eigenvalue weighted by molar-refractivity contribution is 5.81. The zero-order valence-corrected chi connectivity index (χ0v) is 14.1. The second kappa shape index (κ2) is 5.74. The molecule has 0 aliphatic heterocycles. The molecule has 0 bridgehead atoms. The largest absolute Gasteiger partial charge is 0.459 e. The molecule has 0 amide bonds. The Labute approximate surface area is 135 Å². The van der Waals surface area contributed by atoms with Crippen LogP contribution in [0, 0.1) is 0 Å². The zero-order valence-electron chi connectivity index (χ0n) is 14.1. The third kappa shape index (κ3) is 3.24. The number of aromatic nitrogens is 2. The second-order valence-electron chi connectivity index (χ2n) is 6.90. The van der Waals surface area contributed by atoms with E-state index in [1.165, 1.54) is 5.56 Å². The van der Waals surface area contributed by atoms with Gasteiger partial charge in [-0.05, 0) is 24.3 Å².